The number of rotatable bonds is 2. The van der Waals surface area contributed by atoms with E-state index in [0.29, 0.717) is 11.7 Å². The van der Waals surface area contributed by atoms with E-state index >= 15 is 0 Å². The summed E-state index contributed by atoms with van der Waals surface area (Å²) in [6.07, 6.45) is 0. The number of anilines is 1. The summed E-state index contributed by atoms with van der Waals surface area (Å²) in [5.41, 5.74) is 10.5. The summed E-state index contributed by atoms with van der Waals surface area (Å²) in [6.45, 7) is 8.57. The Morgan fingerprint density at radius 3 is 2.41 bits per heavy atom. The molecule has 1 heterocycles. The molecule has 0 saturated carbocycles. The van der Waals surface area contributed by atoms with E-state index in [4.69, 9.17) is 10.3 Å². The predicted octanol–water partition coefficient (Wildman–Crippen LogP) is 3.66. The summed E-state index contributed by atoms with van der Waals surface area (Å²) in [4.78, 5) is 0. The van der Waals surface area contributed by atoms with Crippen molar-refractivity contribution in [3.63, 3.8) is 0 Å². The van der Waals surface area contributed by atoms with Gasteiger partial charge in [-0.15, -0.1) is 0 Å². The Morgan fingerprint density at radius 1 is 1.18 bits per heavy atom. The molecule has 90 valence electrons. The lowest BCUT2D eigenvalue weighted by Gasteiger charge is -2.12. The zero-order valence-corrected chi connectivity index (χ0v) is 10.7. The maximum Gasteiger partial charge on any atom is 0.169 e. The molecular weight excluding hydrogens is 212 g/mol. The van der Waals surface area contributed by atoms with Crippen molar-refractivity contribution in [1.82, 2.24) is 5.16 Å². The van der Waals surface area contributed by atoms with Gasteiger partial charge in [-0.05, 0) is 42.5 Å². The molecule has 0 unspecified atom stereocenters. The van der Waals surface area contributed by atoms with E-state index in [0.717, 1.165) is 11.3 Å². The number of aryl methyl sites for hydroxylation is 1. The van der Waals surface area contributed by atoms with Gasteiger partial charge in [-0.1, -0.05) is 25.1 Å². The first-order valence-corrected chi connectivity index (χ1v) is 5.82. The standard InChI is InChI=1S/C14H18N2O/c1-8(2)11-5-9(3)10(4)12(6-11)13-7-14(15)16-17-13/h5-8H,1-4H3,(H2,15,16). The Labute approximate surface area is 102 Å². The zero-order chi connectivity index (χ0) is 12.6. The highest BCUT2D eigenvalue weighted by Crippen LogP contribution is 2.30. The molecule has 2 N–H and O–H groups in total. The number of hydrogen-bond donors (Lipinski definition) is 1. The maximum absolute atomic E-state index is 5.60. The molecule has 0 atom stereocenters. The van der Waals surface area contributed by atoms with E-state index in [1.54, 1.807) is 6.07 Å². The molecule has 0 aliphatic rings. The molecule has 0 radical (unpaired) electrons. The van der Waals surface area contributed by atoms with Crippen LogP contribution in [-0.2, 0) is 0 Å². The number of nitrogens with zero attached hydrogens (tertiary/aromatic N) is 1. The average molecular weight is 230 g/mol. The molecule has 3 nitrogen and oxygen atoms in total. The molecule has 0 aliphatic carbocycles. The molecule has 1 aromatic heterocycles. The molecule has 0 bridgehead atoms. The molecule has 0 aliphatic heterocycles. The van der Waals surface area contributed by atoms with Gasteiger partial charge in [0.25, 0.3) is 0 Å². The lowest BCUT2D eigenvalue weighted by atomic mass is 9.93. The summed E-state index contributed by atoms with van der Waals surface area (Å²) in [5, 5.41) is 3.74. The second-order valence-corrected chi connectivity index (χ2v) is 4.78. The van der Waals surface area contributed by atoms with Crippen molar-refractivity contribution in [2.24, 2.45) is 0 Å². The van der Waals surface area contributed by atoms with E-state index in [-0.39, 0.29) is 0 Å². The fourth-order valence-corrected chi connectivity index (χ4v) is 1.89. The van der Waals surface area contributed by atoms with Crippen LogP contribution >= 0.6 is 0 Å². The average Bonchev–Trinajstić information content (AvgIpc) is 2.68. The summed E-state index contributed by atoms with van der Waals surface area (Å²) in [6, 6.07) is 6.15. The quantitative estimate of drug-likeness (QED) is 0.856. The number of benzene rings is 1. The first-order chi connectivity index (χ1) is 7.99. The summed E-state index contributed by atoms with van der Waals surface area (Å²) in [7, 11) is 0. The molecule has 2 aromatic rings. The molecule has 0 spiro atoms. The zero-order valence-electron chi connectivity index (χ0n) is 10.7. The maximum atomic E-state index is 5.60. The van der Waals surface area contributed by atoms with Crippen LogP contribution in [-0.4, -0.2) is 5.16 Å². The lowest BCUT2D eigenvalue weighted by molar-refractivity contribution is 0.435. The number of nitrogen functional groups attached to an aromatic ring is 1. The minimum absolute atomic E-state index is 0.423. The van der Waals surface area contributed by atoms with Crippen molar-refractivity contribution < 1.29 is 4.52 Å². The summed E-state index contributed by atoms with van der Waals surface area (Å²) >= 11 is 0. The molecule has 0 amide bonds. The lowest BCUT2D eigenvalue weighted by Crippen LogP contribution is -1.94. The van der Waals surface area contributed by atoms with Crippen molar-refractivity contribution in [2.75, 3.05) is 5.73 Å². The number of nitrogens with two attached hydrogens (primary N) is 1. The molecule has 0 fully saturated rings. The molecule has 3 heteroatoms. The highest BCUT2D eigenvalue weighted by Gasteiger charge is 2.12. The number of hydrogen-bond acceptors (Lipinski definition) is 3. The Kier molecular flexibility index (Phi) is 2.92. The minimum atomic E-state index is 0.423. The van der Waals surface area contributed by atoms with Gasteiger partial charge in [0.1, 0.15) is 0 Å². The Bertz CT molecular complexity index is 541. The van der Waals surface area contributed by atoms with Crippen molar-refractivity contribution in [3.8, 4) is 11.3 Å². The van der Waals surface area contributed by atoms with Crippen LogP contribution in [0.5, 0.6) is 0 Å². The molecular formula is C14H18N2O. The minimum Gasteiger partial charge on any atom is -0.381 e. The van der Waals surface area contributed by atoms with Crippen LogP contribution in [0.3, 0.4) is 0 Å². The van der Waals surface area contributed by atoms with Crippen molar-refractivity contribution >= 4 is 5.82 Å². The van der Waals surface area contributed by atoms with Gasteiger partial charge in [0.15, 0.2) is 11.6 Å². The van der Waals surface area contributed by atoms with Gasteiger partial charge in [0.2, 0.25) is 0 Å². The number of aromatic nitrogens is 1. The van der Waals surface area contributed by atoms with Gasteiger partial charge in [0.05, 0.1) is 0 Å². The van der Waals surface area contributed by atoms with Gasteiger partial charge < -0.3 is 10.3 Å². The summed E-state index contributed by atoms with van der Waals surface area (Å²) in [5.74, 6) is 1.66. The first-order valence-electron chi connectivity index (χ1n) is 5.82. The van der Waals surface area contributed by atoms with E-state index < -0.39 is 0 Å². The Morgan fingerprint density at radius 2 is 1.88 bits per heavy atom. The van der Waals surface area contributed by atoms with Gasteiger partial charge in [0, 0.05) is 11.6 Å². The van der Waals surface area contributed by atoms with Crippen LogP contribution in [0, 0.1) is 13.8 Å². The monoisotopic (exact) mass is 230 g/mol. The van der Waals surface area contributed by atoms with Crippen LogP contribution in [0.15, 0.2) is 22.7 Å². The van der Waals surface area contributed by atoms with Crippen LogP contribution in [0.25, 0.3) is 11.3 Å². The second kappa shape index (κ2) is 4.24. The largest absolute Gasteiger partial charge is 0.381 e. The van der Waals surface area contributed by atoms with Gasteiger partial charge in [-0.25, -0.2) is 0 Å². The Hall–Kier alpha value is -1.77. The Balaban J connectivity index is 2.60. The van der Waals surface area contributed by atoms with E-state index in [2.05, 4.69) is 45.0 Å². The second-order valence-electron chi connectivity index (χ2n) is 4.78. The molecule has 2 rings (SSSR count). The van der Waals surface area contributed by atoms with Crippen LogP contribution in [0.4, 0.5) is 5.82 Å². The third kappa shape index (κ3) is 2.18. The fraction of sp³-hybridized carbons (Fsp3) is 0.357. The first kappa shape index (κ1) is 11.7. The molecule has 0 saturated heterocycles. The highest BCUT2D eigenvalue weighted by atomic mass is 16.5. The van der Waals surface area contributed by atoms with Crippen LogP contribution in [0.1, 0.15) is 36.5 Å². The SMILES string of the molecule is Cc1cc(C(C)C)cc(-c2cc(N)no2)c1C. The third-order valence-electron chi connectivity index (χ3n) is 3.15. The van der Waals surface area contributed by atoms with Gasteiger partial charge >= 0.3 is 0 Å². The highest BCUT2D eigenvalue weighted by molar-refractivity contribution is 5.66. The van der Waals surface area contributed by atoms with Crippen molar-refractivity contribution in [3.05, 3.63) is 34.9 Å². The van der Waals surface area contributed by atoms with Crippen molar-refractivity contribution in [2.45, 2.75) is 33.6 Å². The van der Waals surface area contributed by atoms with E-state index in [9.17, 15) is 0 Å². The van der Waals surface area contributed by atoms with Crippen LogP contribution < -0.4 is 5.73 Å². The fourth-order valence-electron chi connectivity index (χ4n) is 1.89. The van der Waals surface area contributed by atoms with Gasteiger partial charge in [-0.2, -0.15) is 0 Å². The smallest absolute Gasteiger partial charge is 0.169 e. The van der Waals surface area contributed by atoms with Crippen LogP contribution in [0.2, 0.25) is 0 Å². The predicted molar refractivity (Wildman–Crippen MR) is 69.9 cm³/mol. The van der Waals surface area contributed by atoms with E-state index in [1.165, 1.54) is 16.7 Å². The van der Waals surface area contributed by atoms with Gasteiger partial charge in [-0.3, -0.25) is 0 Å². The summed E-state index contributed by atoms with van der Waals surface area (Å²) < 4.78 is 5.25. The third-order valence-corrected chi connectivity index (χ3v) is 3.15. The normalized spacial score (nSPS) is 11.1. The molecule has 17 heavy (non-hydrogen) atoms. The molecule has 1 aromatic carbocycles. The van der Waals surface area contributed by atoms with E-state index in [1.807, 2.05) is 0 Å². The topological polar surface area (TPSA) is 52.0 Å². The van der Waals surface area contributed by atoms with Crippen molar-refractivity contribution in [1.29, 1.82) is 0 Å².